The number of hydrogen-bond donors (Lipinski definition) is 2. The van der Waals surface area contributed by atoms with Crippen LogP contribution in [0.3, 0.4) is 0 Å². The van der Waals surface area contributed by atoms with Crippen molar-refractivity contribution in [3.8, 4) is 0 Å². The Morgan fingerprint density at radius 3 is 1.88 bits per heavy atom. The van der Waals surface area contributed by atoms with E-state index in [0.29, 0.717) is 12.6 Å². The molecule has 0 bridgehead atoms. The normalized spacial score (nSPS) is 17.8. The van der Waals surface area contributed by atoms with E-state index in [9.17, 15) is 26.3 Å². The highest BCUT2D eigenvalue weighted by Crippen LogP contribution is 2.38. The van der Waals surface area contributed by atoms with Crippen LogP contribution in [0.5, 0.6) is 0 Å². The highest BCUT2D eigenvalue weighted by atomic mass is 19.4. The van der Waals surface area contributed by atoms with Gasteiger partial charge in [-0.1, -0.05) is 0 Å². The van der Waals surface area contributed by atoms with Crippen LogP contribution in [-0.4, -0.2) is 38.0 Å². The predicted molar refractivity (Wildman–Crippen MR) is 49.5 cm³/mol. The number of hydrogen-bond acceptors (Lipinski definition) is 2. The van der Waals surface area contributed by atoms with E-state index in [1.165, 1.54) is 0 Å². The second-order valence-corrected chi connectivity index (χ2v) is 4.07. The molecule has 0 heterocycles. The largest absolute Gasteiger partial charge is 0.401 e. The van der Waals surface area contributed by atoms with Crippen molar-refractivity contribution in [2.24, 2.45) is 5.92 Å². The van der Waals surface area contributed by atoms with Gasteiger partial charge in [0.2, 0.25) is 0 Å². The van der Waals surface area contributed by atoms with Crippen molar-refractivity contribution in [2.75, 3.05) is 19.6 Å². The van der Waals surface area contributed by atoms with Crippen molar-refractivity contribution in [2.45, 2.75) is 31.2 Å². The summed E-state index contributed by atoms with van der Waals surface area (Å²) in [5.74, 6) is -3.30. The lowest BCUT2D eigenvalue weighted by Gasteiger charge is -2.23. The highest BCUT2D eigenvalue weighted by molar-refractivity contribution is 4.81. The lowest BCUT2D eigenvalue weighted by atomic mass is 10.1. The minimum atomic E-state index is -5.25. The zero-order valence-corrected chi connectivity index (χ0v) is 8.96. The van der Waals surface area contributed by atoms with Gasteiger partial charge in [0.1, 0.15) is 0 Å². The van der Waals surface area contributed by atoms with E-state index in [4.69, 9.17) is 0 Å². The molecule has 2 nitrogen and oxygen atoms in total. The van der Waals surface area contributed by atoms with Crippen LogP contribution >= 0.6 is 0 Å². The highest BCUT2D eigenvalue weighted by Gasteiger charge is 2.56. The second-order valence-electron chi connectivity index (χ2n) is 4.07. The Kier molecular flexibility index (Phi) is 4.65. The predicted octanol–water partition coefficient (Wildman–Crippen LogP) is 2.07. The maximum atomic E-state index is 12.1. The Labute approximate surface area is 94.7 Å². The zero-order valence-electron chi connectivity index (χ0n) is 8.96. The van der Waals surface area contributed by atoms with Gasteiger partial charge in [0.15, 0.2) is 5.92 Å². The van der Waals surface area contributed by atoms with Crippen LogP contribution in [0, 0.1) is 5.92 Å². The van der Waals surface area contributed by atoms with Crippen LogP contribution in [0.15, 0.2) is 0 Å². The number of rotatable bonds is 6. The average Bonchev–Trinajstić information content (AvgIpc) is 2.89. The van der Waals surface area contributed by atoms with Gasteiger partial charge in [0.05, 0.1) is 0 Å². The quantitative estimate of drug-likeness (QED) is 0.567. The van der Waals surface area contributed by atoms with E-state index in [1.54, 1.807) is 0 Å². The van der Waals surface area contributed by atoms with Crippen molar-refractivity contribution in [1.82, 2.24) is 10.6 Å². The average molecular weight is 264 g/mol. The summed E-state index contributed by atoms with van der Waals surface area (Å²) in [6, 6.07) is 0.387. The lowest BCUT2D eigenvalue weighted by molar-refractivity contribution is -0.281. The first-order chi connectivity index (χ1) is 7.71. The summed E-state index contributed by atoms with van der Waals surface area (Å²) in [6.45, 7) is -0.647. The molecule has 0 aromatic heterocycles. The maximum absolute atomic E-state index is 12.1. The van der Waals surface area contributed by atoms with E-state index in [0.717, 1.165) is 12.8 Å². The Balaban J connectivity index is 2.23. The number of alkyl halides is 6. The monoisotopic (exact) mass is 264 g/mol. The molecule has 0 amide bonds. The minimum absolute atomic E-state index is 0.0964. The summed E-state index contributed by atoms with van der Waals surface area (Å²) in [5, 5.41) is 5.16. The molecule has 0 unspecified atom stereocenters. The van der Waals surface area contributed by atoms with Crippen molar-refractivity contribution in [3.63, 3.8) is 0 Å². The van der Waals surface area contributed by atoms with E-state index >= 15 is 0 Å². The summed E-state index contributed by atoms with van der Waals surface area (Å²) >= 11 is 0. The van der Waals surface area contributed by atoms with Crippen LogP contribution in [-0.2, 0) is 0 Å². The second kappa shape index (κ2) is 5.43. The molecule has 0 aromatic carbocycles. The van der Waals surface area contributed by atoms with Gasteiger partial charge in [-0.3, -0.25) is 0 Å². The molecule has 8 heteroatoms. The first-order valence-corrected chi connectivity index (χ1v) is 5.29. The summed E-state index contributed by atoms with van der Waals surface area (Å²) in [7, 11) is 0. The molecule has 0 atom stereocenters. The number of nitrogens with one attached hydrogen (secondary N) is 2. The molecule has 1 rings (SSSR count). The van der Waals surface area contributed by atoms with Crippen molar-refractivity contribution in [1.29, 1.82) is 0 Å². The standard InChI is InChI=1S/C9H14F6N2/c10-8(11,12)7(9(13,14)15)5-16-3-4-17-6-1-2-6/h6-7,16-17H,1-5H2. The van der Waals surface area contributed by atoms with Crippen molar-refractivity contribution in [3.05, 3.63) is 0 Å². The molecule has 0 aliphatic heterocycles. The summed E-state index contributed by atoms with van der Waals surface area (Å²) in [5.41, 5.74) is 0. The molecule has 0 radical (unpaired) electrons. The van der Waals surface area contributed by atoms with Gasteiger partial charge in [-0.05, 0) is 12.8 Å². The number of halogens is 6. The smallest absolute Gasteiger partial charge is 0.315 e. The topological polar surface area (TPSA) is 24.1 Å². The third-order valence-corrected chi connectivity index (χ3v) is 2.45. The van der Waals surface area contributed by atoms with Crippen LogP contribution in [0.2, 0.25) is 0 Å². The van der Waals surface area contributed by atoms with Crippen molar-refractivity contribution >= 4 is 0 Å². The first-order valence-electron chi connectivity index (χ1n) is 5.29. The summed E-state index contributed by atoms with van der Waals surface area (Å²) in [6.07, 6.45) is -8.47. The van der Waals surface area contributed by atoms with E-state index in [1.807, 2.05) is 0 Å². The third-order valence-electron chi connectivity index (χ3n) is 2.45. The lowest BCUT2D eigenvalue weighted by Crippen LogP contribution is -2.44. The van der Waals surface area contributed by atoms with Gasteiger partial charge >= 0.3 is 12.4 Å². The van der Waals surface area contributed by atoms with Crippen molar-refractivity contribution < 1.29 is 26.3 Å². The van der Waals surface area contributed by atoms with E-state index in [2.05, 4.69) is 10.6 Å². The Morgan fingerprint density at radius 1 is 0.941 bits per heavy atom. The van der Waals surface area contributed by atoms with Crippen LogP contribution in [0.1, 0.15) is 12.8 Å². The molecule has 2 N–H and O–H groups in total. The molecule has 17 heavy (non-hydrogen) atoms. The fraction of sp³-hybridized carbons (Fsp3) is 1.00. The van der Waals surface area contributed by atoms with Gasteiger partial charge in [-0.15, -0.1) is 0 Å². The molecule has 1 saturated carbocycles. The van der Waals surface area contributed by atoms with Crippen LogP contribution in [0.4, 0.5) is 26.3 Å². The van der Waals surface area contributed by atoms with Gasteiger partial charge < -0.3 is 10.6 Å². The molecule has 0 spiro atoms. The molecule has 1 aliphatic carbocycles. The van der Waals surface area contributed by atoms with Gasteiger partial charge in [-0.2, -0.15) is 26.3 Å². The summed E-state index contributed by atoms with van der Waals surface area (Å²) in [4.78, 5) is 0. The molecule has 1 aliphatic rings. The molecule has 102 valence electrons. The SMILES string of the molecule is FC(F)(F)C(CNCCNC1CC1)C(F)(F)F. The van der Waals surface area contributed by atoms with E-state index in [-0.39, 0.29) is 6.54 Å². The first kappa shape index (κ1) is 14.6. The Morgan fingerprint density at radius 2 is 1.47 bits per heavy atom. The van der Waals surface area contributed by atoms with Crippen LogP contribution < -0.4 is 10.6 Å². The fourth-order valence-corrected chi connectivity index (χ4v) is 1.32. The van der Waals surface area contributed by atoms with Gasteiger partial charge in [-0.25, -0.2) is 0 Å². The molecule has 0 aromatic rings. The Hall–Kier alpha value is -0.500. The maximum Gasteiger partial charge on any atom is 0.401 e. The third kappa shape index (κ3) is 5.58. The zero-order chi connectivity index (χ0) is 13.1. The van der Waals surface area contributed by atoms with E-state index < -0.39 is 24.8 Å². The molecule has 1 fully saturated rings. The van der Waals surface area contributed by atoms with Gasteiger partial charge in [0.25, 0.3) is 0 Å². The van der Waals surface area contributed by atoms with Gasteiger partial charge in [0, 0.05) is 25.7 Å². The van der Waals surface area contributed by atoms with Crippen LogP contribution in [0.25, 0.3) is 0 Å². The minimum Gasteiger partial charge on any atom is -0.315 e. The summed E-state index contributed by atoms with van der Waals surface area (Å²) < 4.78 is 72.5. The Bertz CT molecular complexity index is 219. The fourth-order valence-electron chi connectivity index (χ4n) is 1.32. The molecular formula is C9H14F6N2. The molecular weight excluding hydrogens is 250 g/mol. The molecule has 0 saturated heterocycles.